The predicted octanol–water partition coefficient (Wildman–Crippen LogP) is 0.717. The molecular formula is C16H21N3O4. The maximum absolute atomic E-state index is 12.2. The van der Waals surface area contributed by atoms with Gasteiger partial charge in [0.2, 0.25) is 5.91 Å². The topological polar surface area (TPSA) is 79.0 Å². The van der Waals surface area contributed by atoms with Gasteiger partial charge in [-0.05, 0) is 18.6 Å². The van der Waals surface area contributed by atoms with E-state index in [1.165, 1.54) is 7.11 Å². The summed E-state index contributed by atoms with van der Waals surface area (Å²) in [5, 5.41) is 2.63. The zero-order valence-electron chi connectivity index (χ0n) is 13.2. The summed E-state index contributed by atoms with van der Waals surface area (Å²) < 4.78 is 4.70. The van der Waals surface area contributed by atoms with Crippen LogP contribution in [0.25, 0.3) is 0 Å². The van der Waals surface area contributed by atoms with Crippen LogP contribution in [0.2, 0.25) is 0 Å². The quantitative estimate of drug-likeness (QED) is 0.890. The van der Waals surface area contributed by atoms with E-state index in [9.17, 15) is 14.4 Å². The molecule has 7 nitrogen and oxygen atoms in total. The van der Waals surface area contributed by atoms with E-state index in [1.807, 2.05) is 6.07 Å². The van der Waals surface area contributed by atoms with Gasteiger partial charge in [-0.3, -0.25) is 9.59 Å². The number of nitrogens with zero attached hydrogens (tertiary/aromatic N) is 2. The highest BCUT2D eigenvalue weighted by atomic mass is 16.5. The van der Waals surface area contributed by atoms with E-state index in [0.717, 1.165) is 0 Å². The minimum atomic E-state index is -0.378. The second kappa shape index (κ2) is 8.17. The number of hydrogen-bond acceptors (Lipinski definition) is 4. The number of hydrogen-bond donors (Lipinski definition) is 1. The molecule has 0 aromatic heterocycles. The third-order valence-corrected chi connectivity index (χ3v) is 3.72. The fourth-order valence-corrected chi connectivity index (χ4v) is 2.44. The van der Waals surface area contributed by atoms with Gasteiger partial charge in [-0.2, -0.15) is 0 Å². The van der Waals surface area contributed by atoms with Gasteiger partial charge >= 0.3 is 6.09 Å². The molecule has 1 N–H and O–H groups in total. The average molecular weight is 319 g/mol. The van der Waals surface area contributed by atoms with Crippen molar-refractivity contribution in [3.8, 4) is 0 Å². The van der Waals surface area contributed by atoms with E-state index in [2.05, 4.69) is 5.32 Å². The van der Waals surface area contributed by atoms with Crippen molar-refractivity contribution in [1.82, 2.24) is 15.1 Å². The van der Waals surface area contributed by atoms with E-state index in [-0.39, 0.29) is 24.5 Å². The van der Waals surface area contributed by atoms with Gasteiger partial charge in [0.25, 0.3) is 5.91 Å². The van der Waals surface area contributed by atoms with E-state index in [4.69, 9.17) is 4.74 Å². The second-order valence-corrected chi connectivity index (χ2v) is 5.24. The van der Waals surface area contributed by atoms with E-state index >= 15 is 0 Å². The van der Waals surface area contributed by atoms with Gasteiger partial charge in [0.15, 0.2) is 0 Å². The monoisotopic (exact) mass is 319 g/mol. The Morgan fingerprint density at radius 3 is 2.39 bits per heavy atom. The molecule has 1 aliphatic rings. The van der Waals surface area contributed by atoms with Crippen molar-refractivity contribution in [3.05, 3.63) is 35.9 Å². The summed E-state index contributed by atoms with van der Waals surface area (Å²) in [5.74, 6) is -0.425. The summed E-state index contributed by atoms with van der Waals surface area (Å²) in [5.41, 5.74) is 0.521. The van der Waals surface area contributed by atoms with Crippen molar-refractivity contribution in [2.24, 2.45) is 0 Å². The first-order valence-corrected chi connectivity index (χ1v) is 7.55. The minimum Gasteiger partial charge on any atom is -0.453 e. The molecule has 1 aromatic rings. The maximum Gasteiger partial charge on any atom is 0.409 e. The molecule has 0 aliphatic carbocycles. The highest BCUT2D eigenvalue weighted by molar-refractivity contribution is 5.96. The van der Waals surface area contributed by atoms with E-state index in [1.54, 1.807) is 34.1 Å². The number of methoxy groups -OCH3 is 1. The molecule has 0 bridgehead atoms. The van der Waals surface area contributed by atoms with Gasteiger partial charge in [0, 0.05) is 31.7 Å². The van der Waals surface area contributed by atoms with Crippen molar-refractivity contribution < 1.29 is 19.1 Å². The summed E-state index contributed by atoms with van der Waals surface area (Å²) in [6.45, 7) is 1.95. The number of carbonyl (C=O) groups is 3. The van der Waals surface area contributed by atoms with Crippen molar-refractivity contribution in [1.29, 1.82) is 0 Å². The van der Waals surface area contributed by atoms with E-state index < -0.39 is 0 Å². The lowest BCUT2D eigenvalue weighted by atomic mass is 10.2. The van der Waals surface area contributed by atoms with Crippen LogP contribution in [0.1, 0.15) is 16.8 Å². The molecule has 1 aromatic carbocycles. The SMILES string of the molecule is COC(=O)N1CCCN(C(=O)CNC(=O)c2ccccc2)CC1. The number of nitrogens with one attached hydrogen (secondary N) is 1. The fraction of sp³-hybridized carbons (Fsp3) is 0.438. The first-order valence-electron chi connectivity index (χ1n) is 7.55. The Bertz CT molecular complexity index is 562. The summed E-state index contributed by atoms with van der Waals surface area (Å²) in [4.78, 5) is 38.9. The third-order valence-electron chi connectivity index (χ3n) is 3.72. The highest BCUT2D eigenvalue weighted by Gasteiger charge is 2.22. The minimum absolute atomic E-state index is 0.0497. The molecule has 0 spiro atoms. The molecule has 1 saturated heterocycles. The lowest BCUT2D eigenvalue weighted by molar-refractivity contribution is -0.130. The zero-order chi connectivity index (χ0) is 16.7. The second-order valence-electron chi connectivity index (χ2n) is 5.24. The average Bonchev–Trinajstić information content (AvgIpc) is 2.85. The molecule has 0 unspecified atom stereocenters. The van der Waals surface area contributed by atoms with Crippen LogP contribution in [0.4, 0.5) is 4.79 Å². The predicted molar refractivity (Wildman–Crippen MR) is 84.0 cm³/mol. The van der Waals surface area contributed by atoms with Gasteiger partial charge in [0.1, 0.15) is 0 Å². The number of carbonyl (C=O) groups excluding carboxylic acids is 3. The molecule has 7 heteroatoms. The summed E-state index contributed by atoms with van der Waals surface area (Å²) >= 11 is 0. The number of amides is 3. The Morgan fingerprint density at radius 2 is 1.70 bits per heavy atom. The Hall–Kier alpha value is -2.57. The largest absolute Gasteiger partial charge is 0.453 e. The normalized spacial score (nSPS) is 14.8. The Morgan fingerprint density at radius 1 is 1.04 bits per heavy atom. The van der Waals surface area contributed by atoms with Crippen LogP contribution in [0.5, 0.6) is 0 Å². The van der Waals surface area contributed by atoms with Crippen LogP contribution in [0, 0.1) is 0 Å². The zero-order valence-corrected chi connectivity index (χ0v) is 13.2. The first kappa shape index (κ1) is 16.8. The molecule has 1 heterocycles. The van der Waals surface area contributed by atoms with Crippen LogP contribution in [0.3, 0.4) is 0 Å². The van der Waals surface area contributed by atoms with Crippen LogP contribution >= 0.6 is 0 Å². The lowest BCUT2D eigenvalue weighted by Crippen LogP contribution is -2.42. The Labute approximate surface area is 135 Å². The molecule has 0 atom stereocenters. The Kier molecular flexibility index (Phi) is 5.96. The summed E-state index contributed by atoms with van der Waals surface area (Å²) in [6.07, 6.45) is 0.310. The maximum atomic E-state index is 12.2. The van der Waals surface area contributed by atoms with Crippen molar-refractivity contribution >= 4 is 17.9 Å². The molecule has 124 valence electrons. The number of benzene rings is 1. The fourth-order valence-electron chi connectivity index (χ4n) is 2.44. The van der Waals surface area contributed by atoms with Crippen LogP contribution in [-0.2, 0) is 9.53 Å². The van der Waals surface area contributed by atoms with Gasteiger partial charge < -0.3 is 19.9 Å². The van der Waals surface area contributed by atoms with Gasteiger partial charge in [-0.1, -0.05) is 18.2 Å². The van der Waals surface area contributed by atoms with Crippen molar-refractivity contribution in [2.75, 3.05) is 39.8 Å². The van der Waals surface area contributed by atoms with Gasteiger partial charge in [0.05, 0.1) is 13.7 Å². The molecule has 0 radical (unpaired) electrons. The Balaban J connectivity index is 1.82. The van der Waals surface area contributed by atoms with E-state index in [0.29, 0.717) is 38.2 Å². The van der Waals surface area contributed by atoms with Crippen molar-refractivity contribution in [3.63, 3.8) is 0 Å². The molecule has 2 rings (SSSR count). The number of ether oxygens (including phenoxy) is 1. The summed E-state index contributed by atoms with van der Waals surface area (Å²) in [6, 6.07) is 8.76. The summed E-state index contributed by atoms with van der Waals surface area (Å²) in [7, 11) is 1.34. The smallest absolute Gasteiger partial charge is 0.409 e. The molecule has 3 amide bonds. The van der Waals surface area contributed by atoms with Crippen LogP contribution < -0.4 is 5.32 Å². The van der Waals surface area contributed by atoms with Gasteiger partial charge in [-0.25, -0.2) is 4.79 Å². The molecule has 23 heavy (non-hydrogen) atoms. The first-order chi connectivity index (χ1) is 11.1. The lowest BCUT2D eigenvalue weighted by Gasteiger charge is -2.21. The van der Waals surface area contributed by atoms with Crippen molar-refractivity contribution in [2.45, 2.75) is 6.42 Å². The molecule has 1 fully saturated rings. The standard InChI is InChI=1S/C16H21N3O4/c1-23-16(22)19-9-5-8-18(10-11-19)14(20)12-17-15(21)13-6-3-2-4-7-13/h2-4,6-7H,5,8-12H2,1H3,(H,17,21). The van der Waals surface area contributed by atoms with Crippen LogP contribution in [-0.4, -0.2) is 67.5 Å². The molecule has 1 aliphatic heterocycles. The number of rotatable bonds is 3. The highest BCUT2D eigenvalue weighted by Crippen LogP contribution is 2.05. The van der Waals surface area contributed by atoms with Crippen LogP contribution in [0.15, 0.2) is 30.3 Å². The third kappa shape index (κ3) is 4.70. The molecular weight excluding hydrogens is 298 g/mol. The molecule has 0 saturated carbocycles. The van der Waals surface area contributed by atoms with Gasteiger partial charge in [-0.15, -0.1) is 0 Å².